The molecule has 0 heterocycles. The highest BCUT2D eigenvalue weighted by molar-refractivity contribution is 5.88. The Morgan fingerprint density at radius 1 is 1.50 bits per heavy atom. The van der Waals surface area contributed by atoms with Gasteiger partial charge in [-0.3, -0.25) is 4.79 Å². The second-order valence-electron chi connectivity index (χ2n) is 3.80. The van der Waals surface area contributed by atoms with Crippen LogP contribution in [0, 0.1) is 0 Å². The number of nitrogens with one attached hydrogen (secondary N) is 1. The Morgan fingerprint density at radius 3 is 2.33 bits per heavy atom. The molecular weight excluding hydrogens is 152 g/mol. The Bertz CT molecular complexity index is 191. The zero-order chi connectivity index (χ0) is 9.78. The number of hydrogen-bond donors (Lipinski definition) is 2. The van der Waals surface area contributed by atoms with Gasteiger partial charge in [0.1, 0.15) is 0 Å². The van der Waals surface area contributed by atoms with Crippen LogP contribution in [0.3, 0.4) is 0 Å². The van der Waals surface area contributed by atoms with E-state index in [0.29, 0.717) is 6.54 Å². The third-order valence-corrected chi connectivity index (χ3v) is 1.39. The topological polar surface area (TPSA) is 55.1 Å². The molecule has 0 bridgehead atoms. The molecule has 0 radical (unpaired) electrons. The molecular formula is C9H18N2O. The van der Waals surface area contributed by atoms with Gasteiger partial charge < -0.3 is 11.1 Å². The van der Waals surface area contributed by atoms with Crippen LogP contribution < -0.4 is 11.1 Å². The van der Waals surface area contributed by atoms with E-state index >= 15 is 0 Å². The summed E-state index contributed by atoms with van der Waals surface area (Å²) in [5.41, 5.74) is 6.12. The van der Waals surface area contributed by atoms with Gasteiger partial charge in [-0.05, 0) is 27.7 Å². The van der Waals surface area contributed by atoms with E-state index in [2.05, 4.69) is 5.32 Å². The van der Waals surface area contributed by atoms with Crippen LogP contribution in [0.25, 0.3) is 0 Å². The highest BCUT2D eigenvalue weighted by Gasteiger charge is 2.16. The van der Waals surface area contributed by atoms with Crippen LogP contribution in [0.1, 0.15) is 27.7 Å². The monoisotopic (exact) mass is 170 g/mol. The summed E-state index contributed by atoms with van der Waals surface area (Å²) in [4.78, 5) is 11.2. The number of rotatable bonds is 3. The SMILES string of the molecule is CC(C)=CC(=O)NC(C)(C)CN. The highest BCUT2D eigenvalue weighted by atomic mass is 16.1. The molecule has 0 spiro atoms. The van der Waals surface area contributed by atoms with Crippen molar-refractivity contribution in [3.8, 4) is 0 Å². The number of carbonyl (C=O) groups is 1. The van der Waals surface area contributed by atoms with E-state index in [9.17, 15) is 4.79 Å². The van der Waals surface area contributed by atoms with Gasteiger partial charge in [-0.15, -0.1) is 0 Å². The number of carbonyl (C=O) groups excluding carboxylic acids is 1. The summed E-state index contributed by atoms with van der Waals surface area (Å²) < 4.78 is 0. The van der Waals surface area contributed by atoms with Crippen molar-refractivity contribution in [3.63, 3.8) is 0 Å². The van der Waals surface area contributed by atoms with Crippen LogP contribution in [0.5, 0.6) is 0 Å². The van der Waals surface area contributed by atoms with E-state index in [0.717, 1.165) is 5.57 Å². The molecule has 0 saturated carbocycles. The second kappa shape index (κ2) is 4.26. The molecule has 3 N–H and O–H groups in total. The molecule has 0 aromatic rings. The van der Waals surface area contributed by atoms with E-state index < -0.39 is 0 Å². The first kappa shape index (κ1) is 11.2. The summed E-state index contributed by atoms with van der Waals surface area (Å²) in [5, 5.41) is 2.80. The lowest BCUT2D eigenvalue weighted by atomic mass is 10.1. The van der Waals surface area contributed by atoms with Gasteiger partial charge in [0.15, 0.2) is 0 Å². The van der Waals surface area contributed by atoms with E-state index in [1.807, 2.05) is 27.7 Å². The normalized spacial score (nSPS) is 10.8. The summed E-state index contributed by atoms with van der Waals surface area (Å²) >= 11 is 0. The lowest BCUT2D eigenvalue weighted by Crippen LogP contribution is -2.48. The van der Waals surface area contributed by atoms with Gasteiger partial charge in [0.25, 0.3) is 0 Å². The second-order valence-corrected chi connectivity index (χ2v) is 3.80. The van der Waals surface area contributed by atoms with Crippen molar-refractivity contribution >= 4 is 5.91 Å². The van der Waals surface area contributed by atoms with Gasteiger partial charge in [-0.2, -0.15) is 0 Å². The van der Waals surface area contributed by atoms with Crippen LogP contribution in [0.4, 0.5) is 0 Å². The highest BCUT2D eigenvalue weighted by Crippen LogP contribution is 1.98. The molecule has 0 aliphatic carbocycles. The number of amides is 1. The first-order chi connectivity index (χ1) is 5.37. The largest absolute Gasteiger partial charge is 0.346 e. The van der Waals surface area contributed by atoms with Gasteiger partial charge in [0, 0.05) is 18.2 Å². The van der Waals surface area contributed by atoms with Gasteiger partial charge in [0.2, 0.25) is 5.91 Å². The van der Waals surface area contributed by atoms with Crippen LogP contribution >= 0.6 is 0 Å². The molecule has 0 aromatic heterocycles. The molecule has 0 fully saturated rings. The van der Waals surface area contributed by atoms with Gasteiger partial charge in [-0.1, -0.05) is 5.57 Å². The molecule has 1 amide bonds. The summed E-state index contributed by atoms with van der Waals surface area (Å²) in [5.74, 6) is -0.0783. The fraction of sp³-hybridized carbons (Fsp3) is 0.667. The summed E-state index contributed by atoms with van der Waals surface area (Å²) in [6, 6.07) is 0. The third-order valence-electron chi connectivity index (χ3n) is 1.39. The molecule has 0 atom stereocenters. The maximum Gasteiger partial charge on any atom is 0.244 e. The molecule has 0 aliphatic rings. The first-order valence-electron chi connectivity index (χ1n) is 4.04. The fourth-order valence-corrected chi connectivity index (χ4v) is 0.683. The lowest BCUT2D eigenvalue weighted by molar-refractivity contribution is -0.117. The molecule has 0 rings (SSSR count). The zero-order valence-corrected chi connectivity index (χ0v) is 8.27. The van der Waals surface area contributed by atoms with Gasteiger partial charge in [-0.25, -0.2) is 0 Å². The van der Waals surface area contributed by atoms with Crippen LogP contribution in [0.15, 0.2) is 11.6 Å². The molecule has 0 saturated heterocycles. The molecule has 12 heavy (non-hydrogen) atoms. The van der Waals surface area contributed by atoms with E-state index in [4.69, 9.17) is 5.73 Å². The minimum atomic E-state index is -0.316. The Kier molecular flexibility index (Phi) is 3.96. The molecule has 3 heteroatoms. The van der Waals surface area contributed by atoms with Crippen molar-refractivity contribution in [2.45, 2.75) is 33.2 Å². The van der Waals surface area contributed by atoms with Crippen molar-refractivity contribution in [1.82, 2.24) is 5.32 Å². The average Bonchev–Trinajstić information content (AvgIpc) is 1.84. The average molecular weight is 170 g/mol. The van der Waals surface area contributed by atoms with Crippen molar-refractivity contribution in [1.29, 1.82) is 0 Å². The Balaban J connectivity index is 4.10. The zero-order valence-electron chi connectivity index (χ0n) is 8.27. The van der Waals surface area contributed by atoms with E-state index in [-0.39, 0.29) is 11.4 Å². The fourth-order valence-electron chi connectivity index (χ4n) is 0.683. The van der Waals surface area contributed by atoms with E-state index in [1.54, 1.807) is 6.08 Å². The van der Waals surface area contributed by atoms with Crippen LogP contribution in [0.2, 0.25) is 0 Å². The first-order valence-corrected chi connectivity index (χ1v) is 4.04. The smallest absolute Gasteiger partial charge is 0.244 e. The Morgan fingerprint density at radius 2 is 2.00 bits per heavy atom. The number of allylic oxidation sites excluding steroid dienone is 1. The molecule has 0 aromatic carbocycles. The molecule has 3 nitrogen and oxygen atoms in total. The Hall–Kier alpha value is -0.830. The van der Waals surface area contributed by atoms with Crippen molar-refractivity contribution in [2.75, 3.05) is 6.54 Å². The number of nitrogens with two attached hydrogens (primary N) is 1. The van der Waals surface area contributed by atoms with Crippen molar-refractivity contribution < 1.29 is 4.79 Å². The predicted octanol–water partition coefficient (Wildman–Crippen LogP) is 0.806. The van der Waals surface area contributed by atoms with E-state index in [1.165, 1.54) is 0 Å². The minimum Gasteiger partial charge on any atom is -0.346 e. The summed E-state index contributed by atoms with van der Waals surface area (Å²) in [6.07, 6.45) is 1.57. The van der Waals surface area contributed by atoms with Crippen molar-refractivity contribution in [3.05, 3.63) is 11.6 Å². The van der Waals surface area contributed by atoms with Crippen LogP contribution in [-0.2, 0) is 4.79 Å². The lowest BCUT2D eigenvalue weighted by Gasteiger charge is -2.23. The number of hydrogen-bond acceptors (Lipinski definition) is 2. The third kappa shape index (κ3) is 4.91. The summed E-state index contributed by atoms with van der Waals surface area (Å²) in [6.45, 7) is 7.99. The Labute approximate surface area is 74.0 Å². The van der Waals surface area contributed by atoms with Gasteiger partial charge >= 0.3 is 0 Å². The molecule has 0 aliphatic heterocycles. The minimum absolute atomic E-state index is 0.0783. The molecule has 70 valence electrons. The maximum atomic E-state index is 11.2. The van der Waals surface area contributed by atoms with Gasteiger partial charge in [0.05, 0.1) is 0 Å². The predicted molar refractivity (Wildman–Crippen MR) is 50.7 cm³/mol. The summed E-state index contributed by atoms with van der Waals surface area (Å²) in [7, 11) is 0. The maximum absolute atomic E-state index is 11.2. The van der Waals surface area contributed by atoms with Crippen LogP contribution in [-0.4, -0.2) is 18.0 Å². The van der Waals surface area contributed by atoms with Crippen molar-refractivity contribution in [2.24, 2.45) is 5.73 Å². The quantitative estimate of drug-likeness (QED) is 0.616. The standard InChI is InChI=1S/C9H18N2O/c1-7(2)5-8(12)11-9(3,4)6-10/h5H,6,10H2,1-4H3,(H,11,12). The molecule has 0 unspecified atom stereocenters.